The van der Waals surface area contributed by atoms with Gasteiger partial charge in [-0.05, 0) is 125 Å². The predicted octanol–water partition coefficient (Wildman–Crippen LogP) is 13.5. The van der Waals surface area contributed by atoms with E-state index < -0.39 is 12.7 Å². The summed E-state index contributed by atoms with van der Waals surface area (Å²) in [7, 11) is 0. The summed E-state index contributed by atoms with van der Waals surface area (Å²) in [6, 6.07) is 33.1. The number of benzene rings is 5. The molecule has 1 aliphatic carbocycles. The average molecular weight is 649 g/mol. The molecule has 1 fully saturated rings. The Labute approximate surface area is 296 Å². The Kier molecular flexibility index (Phi) is 6.70. The summed E-state index contributed by atoms with van der Waals surface area (Å²) >= 11 is 0. The van der Waals surface area contributed by atoms with Gasteiger partial charge in [-0.3, -0.25) is 4.57 Å². The Morgan fingerprint density at radius 3 is 2.20 bits per heavy atom. The SMILES string of the molecule is [2H]C([2H])([2H])c1ccc2c(c1)oc1c(-c3nc4ccccc4n3-c3c(C(C)C)cc(-c4ccc(C5([2H])CCC(C)(C)CC5)cc4)cc3C(C)C)cccc12. The monoisotopic (exact) mass is 648 g/mol. The Morgan fingerprint density at radius 1 is 0.796 bits per heavy atom. The van der Waals surface area contributed by atoms with Gasteiger partial charge in [0, 0.05) is 16.3 Å². The average Bonchev–Trinajstić information content (AvgIpc) is 3.70. The number of para-hydroxylation sites is 3. The number of hydrogen-bond acceptors (Lipinski definition) is 2. The maximum Gasteiger partial charge on any atom is 0.149 e. The summed E-state index contributed by atoms with van der Waals surface area (Å²) in [5.41, 5.74) is 11.6. The van der Waals surface area contributed by atoms with E-state index in [1.165, 1.54) is 16.7 Å². The van der Waals surface area contributed by atoms with Gasteiger partial charge in [-0.15, -0.1) is 0 Å². The zero-order valence-electron chi connectivity index (χ0n) is 33.5. The van der Waals surface area contributed by atoms with Crippen LogP contribution < -0.4 is 0 Å². The van der Waals surface area contributed by atoms with E-state index in [2.05, 4.69) is 107 Å². The lowest BCUT2D eigenvalue weighted by atomic mass is 9.71. The highest BCUT2D eigenvalue weighted by atomic mass is 16.3. The van der Waals surface area contributed by atoms with Crippen LogP contribution in [0.15, 0.2) is 101 Å². The molecule has 7 aromatic rings. The first-order chi connectivity index (χ1) is 25.1. The molecule has 0 N–H and O–H groups in total. The van der Waals surface area contributed by atoms with Gasteiger partial charge in [0.1, 0.15) is 17.0 Å². The molecule has 1 saturated carbocycles. The van der Waals surface area contributed by atoms with Crippen LogP contribution in [-0.2, 0) is 0 Å². The molecule has 0 amide bonds. The summed E-state index contributed by atoms with van der Waals surface area (Å²) in [6.07, 6.45) is 3.96. The van der Waals surface area contributed by atoms with Crippen LogP contribution in [0.1, 0.15) is 113 Å². The highest BCUT2D eigenvalue weighted by Crippen LogP contribution is 2.45. The molecular formula is C46H48N2O. The first-order valence-electron chi connectivity index (χ1n) is 19.9. The van der Waals surface area contributed by atoms with Crippen LogP contribution >= 0.6 is 0 Å². The summed E-state index contributed by atoms with van der Waals surface area (Å²) < 4.78 is 42.1. The fraction of sp³-hybridized carbons (Fsp3) is 0.326. The zero-order chi connectivity index (χ0) is 37.4. The molecule has 0 spiro atoms. The van der Waals surface area contributed by atoms with E-state index in [4.69, 9.17) is 13.5 Å². The standard InChI is InChI=1S/C46H48N2O/c1-28(2)38-26-34(32-18-16-31(17-19-32)33-21-23-46(6,7)24-22-33)27-39(29(3)4)43(38)48-41-14-9-8-13-40(41)47-45(48)37-12-10-11-36-35-20-15-30(5)25-42(35)49-44(36)37/h8-20,25-29,33H,21-24H2,1-7H3/i5D3,33D. The lowest BCUT2D eigenvalue weighted by Gasteiger charge is -2.34. The molecule has 0 bridgehead atoms. The van der Waals surface area contributed by atoms with E-state index in [0.717, 1.165) is 75.7 Å². The fourth-order valence-electron chi connectivity index (χ4n) is 7.81. The Hall–Kier alpha value is -4.63. The van der Waals surface area contributed by atoms with E-state index in [1.54, 1.807) is 12.1 Å². The molecular weight excluding hydrogens is 597 g/mol. The second kappa shape index (κ2) is 12.1. The fourth-order valence-corrected chi connectivity index (χ4v) is 7.81. The molecule has 8 rings (SSSR count). The first kappa shape index (κ1) is 27.2. The second-order valence-corrected chi connectivity index (χ2v) is 15.4. The molecule has 1 aliphatic rings. The van der Waals surface area contributed by atoms with E-state index >= 15 is 0 Å². The van der Waals surface area contributed by atoms with Gasteiger partial charge in [-0.25, -0.2) is 4.98 Å². The van der Waals surface area contributed by atoms with Gasteiger partial charge in [0.25, 0.3) is 0 Å². The van der Waals surface area contributed by atoms with Gasteiger partial charge < -0.3 is 4.42 Å². The minimum Gasteiger partial charge on any atom is -0.455 e. The second-order valence-electron chi connectivity index (χ2n) is 15.4. The molecule has 0 saturated heterocycles. The van der Waals surface area contributed by atoms with Crippen LogP contribution in [0.25, 0.3) is 61.2 Å². The number of rotatable bonds is 6. The number of hydrogen-bond donors (Lipinski definition) is 0. The van der Waals surface area contributed by atoms with Gasteiger partial charge >= 0.3 is 0 Å². The summed E-state index contributed by atoms with van der Waals surface area (Å²) in [5, 5.41) is 1.80. The van der Waals surface area contributed by atoms with Crippen molar-refractivity contribution in [3.8, 4) is 28.2 Å². The van der Waals surface area contributed by atoms with Crippen LogP contribution in [0.3, 0.4) is 0 Å². The predicted molar refractivity (Wildman–Crippen MR) is 207 cm³/mol. The highest BCUT2D eigenvalue weighted by molar-refractivity contribution is 6.09. The molecule has 3 nitrogen and oxygen atoms in total. The third-order valence-electron chi connectivity index (χ3n) is 10.8. The highest BCUT2D eigenvalue weighted by Gasteiger charge is 2.28. The summed E-state index contributed by atoms with van der Waals surface area (Å²) in [5.74, 6) is 0.671. The Balaban J connectivity index is 1.31. The van der Waals surface area contributed by atoms with Crippen molar-refractivity contribution in [2.24, 2.45) is 5.41 Å². The van der Waals surface area contributed by atoms with Crippen molar-refractivity contribution in [2.75, 3.05) is 0 Å². The zero-order valence-corrected chi connectivity index (χ0v) is 29.5. The van der Waals surface area contributed by atoms with Gasteiger partial charge in [-0.1, -0.05) is 102 Å². The molecule has 2 aromatic heterocycles. The topological polar surface area (TPSA) is 31.0 Å². The molecule has 3 heteroatoms. The van der Waals surface area contributed by atoms with Crippen molar-refractivity contribution < 1.29 is 9.90 Å². The third-order valence-corrected chi connectivity index (χ3v) is 10.8. The van der Waals surface area contributed by atoms with Crippen LogP contribution in [0.4, 0.5) is 0 Å². The number of aryl methyl sites for hydroxylation is 1. The van der Waals surface area contributed by atoms with Gasteiger partial charge in [0.2, 0.25) is 0 Å². The molecule has 49 heavy (non-hydrogen) atoms. The molecule has 2 heterocycles. The van der Waals surface area contributed by atoms with Crippen LogP contribution in [0.2, 0.25) is 0 Å². The van der Waals surface area contributed by atoms with Crippen molar-refractivity contribution in [1.82, 2.24) is 9.55 Å². The van der Waals surface area contributed by atoms with Crippen molar-refractivity contribution >= 4 is 33.0 Å². The summed E-state index contributed by atoms with van der Waals surface area (Å²) in [4.78, 5) is 5.28. The maximum atomic E-state index is 9.34. The molecule has 0 aliphatic heterocycles. The Bertz CT molecular complexity index is 2460. The third kappa shape index (κ3) is 5.58. The number of furan rings is 1. The normalized spacial score (nSPS) is 17.5. The van der Waals surface area contributed by atoms with Gasteiger partial charge in [0.05, 0.1) is 22.3 Å². The van der Waals surface area contributed by atoms with E-state index in [9.17, 15) is 1.37 Å². The van der Waals surface area contributed by atoms with Crippen LogP contribution in [0.5, 0.6) is 0 Å². The number of nitrogens with zero attached hydrogens (tertiary/aromatic N) is 2. The van der Waals surface area contributed by atoms with Crippen molar-refractivity contribution in [3.05, 3.63) is 119 Å². The Morgan fingerprint density at radius 2 is 1.51 bits per heavy atom. The first-order valence-corrected chi connectivity index (χ1v) is 17.9. The number of imidazole rings is 1. The molecule has 0 atom stereocenters. The van der Waals surface area contributed by atoms with Crippen molar-refractivity contribution in [1.29, 1.82) is 0 Å². The van der Waals surface area contributed by atoms with Crippen LogP contribution in [-0.4, -0.2) is 9.55 Å². The minimum atomic E-state index is -2.23. The van der Waals surface area contributed by atoms with E-state index in [0.29, 0.717) is 16.6 Å². The van der Waals surface area contributed by atoms with Crippen molar-refractivity contribution in [2.45, 2.75) is 91.8 Å². The van der Waals surface area contributed by atoms with Crippen molar-refractivity contribution in [3.63, 3.8) is 0 Å². The maximum absolute atomic E-state index is 9.34. The van der Waals surface area contributed by atoms with Gasteiger partial charge in [-0.2, -0.15) is 0 Å². The summed E-state index contributed by atoms with van der Waals surface area (Å²) in [6.45, 7) is 11.4. The number of fused-ring (bicyclic) bond motifs is 4. The largest absolute Gasteiger partial charge is 0.455 e. The minimum absolute atomic E-state index is 0.207. The van der Waals surface area contributed by atoms with E-state index in [1.807, 2.05) is 24.3 Å². The van der Waals surface area contributed by atoms with Gasteiger partial charge in [0.15, 0.2) is 0 Å². The molecule has 248 valence electrons. The number of aromatic nitrogens is 2. The molecule has 0 unspecified atom stereocenters. The lowest BCUT2D eigenvalue weighted by molar-refractivity contribution is 0.224. The van der Waals surface area contributed by atoms with E-state index in [-0.39, 0.29) is 17.4 Å². The quantitative estimate of drug-likeness (QED) is 0.180. The molecule has 0 radical (unpaired) electrons. The lowest BCUT2D eigenvalue weighted by Crippen LogP contribution is -2.20. The van der Waals surface area contributed by atoms with Crippen LogP contribution in [0, 0.1) is 12.3 Å². The smallest absolute Gasteiger partial charge is 0.149 e. The molecule has 5 aromatic carbocycles.